The summed E-state index contributed by atoms with van der Waals surface area (Å²) in [6.07, 6.45) is -2.84. The molecule has 0 aliphatic carbocycles. The summed E-state index contributed by atoms with van der Waals surface area (Å²) in [6, 6.07) is 0.792. The Hall–Kier alpha value is -1.43. The number of pyridine rings is 1. The van der Waals surface area contributed by atoms with E-state index in [4.69, 9.17) is 22.4 Å². The van der Waals surface area contributed by atoms with E-state index in [1.54, 1.807) is 0 Å². The molecule has 1 heterocycles. The summed E-state index contributed by atoms with van der Waals surface area (Å²) in [5, 5.41) is 8.05. The number of rotatable bonds is 2. The zero-order chi connectivity index (χ0) is 10.9. The highest BCUT2D eigenvalue weighted by Gasteiger charge is 2.19. The van der Waals surface area contributed by atoms with Crippen LogP contribution in [0.25, 0.3) is 0 Å². The van der Waals surface area contributed by atoms with E-state index >= 15 is 0 Å². The van der Waals surface area contributed by atoms with E-state index in [0.717, 1.165) is 6.07 Å². The highest BCUT2D eigenvalue weighted by atomic mass is 35.5. The van der Waals surface area contributed by atoms with Crippen molar-refractivity contribution in [3.05, 3.63) is 22.5 Å². The minimum absolute atomic E-state index is 0.326. The van der Waals surface area contributed by atoms with Crippen LogP contribution in [0.1, 0.15) is 22.5 Å². The van der Waals surface area contributed by atoms with Gasteiger partial charge < -0.3 is 10.8 Å². The van der Waals surface area contributed by atoms with Crippen molar-refractivity contribution in [2.75, 3.05) is 5.73 Å². The standard InChI is InChI=1S/C7H5ClF2N2O2/c8-5-4(7(13)14)2(11)1-3(12-5)6(9)10/h1,6H,(H2,11,12)(H,13,14). The molecule has 0 amide bonds. The Labute approximate surface area is 82.3 Å². The van der Waals surface area contributed by atoms with Crippen molar-refractivity contribution >= 4 is 23.3 Å². The number of hydrogen-bond donors (Lipinski definition) is 2. The van der Waals surface area contributed by atoms with Gasteiger partial charge in [0.05, 0.1) is 5.69 Å². The van der Waals surface area contributed by atoms with E-state index < -0.39 is 28.8 Å². The van der Waals surface area contributed by atoms with Crippen LogP contribution in [0.3, 0.4) is 0 Å². The van der Waals surface area contributed by atoms with Gasteiger partial charge in [-0.2, -0.15) is 0 Å². The van der Waals surface area contributed by atoms with Gasteiger partial charge in [-0.15, -0.1) is 0 Å². The number of carbonyl (C=O) groups is 1. The first-order valence-electron chi connectivity index (χ1n) is 3.41. The van der Waals surface area contributed by atoms with Crippen LogP contribution < -0.4 is 5.73 Å². The van der Waals surface area contributed by atoms with Gasteiger partial charge in [-0.05, 0) is 6.07 Å². The third-order valence-electron chi connectivity index (χ3n) is 1.46. The van der Waals surface area contributed by atoms with E-state index in [1.807, 2.05) is 0 Å². The fourth-order valence-corrected chi connectivity index (χ4v) is 1.16. The maximum absolute atomic E-state index is 12.1. The zero-order valence-corrected chi connectivity index (χ0v) is 7.42. The minimum Gasteiger partial charge on any atom is -0.478 e. The number of aromatic nitrogens is 1. The molecule has 1 aromatic rings. The first-order valence-corrected chi connectivity index (χ1v) is 3.78. The number of carboxylic acids is 1. The molecule has 0 bridgehead atoms. The zero-order valence-electron chi connectivity index (χ0n) is 6.67. The molecule has 0 aliphatic heterocycles. The average Bonchev–Trinajstić information content (AvgIpc) is 2.01. The van der Waals surface area contributed by atoms with E-state index in [2.05, 4.69) is 4.98 Å². The summed E-state index contributed by atoms with van der Waals surface area (Å²) in [7, 11) is 0. The van der Waals surface area contributed by atoms with E-state index in [1.165, 1.54) is 0 Å². The molecule has 0 radical (unpaired) electrons. The Kier molecular flexibility index (Phi) is 2.85. The quantitative estimate of drug-likeness (QED) is 0.750. The summed E-state index contributed by atoms with van der Waals surface area (Å²) in [5.41, 5.74) is 3.79. The number of aromatic carboxylic acids is 1. The lowest BCUT2D eigenvalue weighted by Gasteiger charge is -2.05. The highest BCUT2D eigenvalue weighted by molar-refractivity contribution is 6.33. The van der Waals surface area contributed by atoms with Gasteiger partial charge in [0.2, 0.25) is 0 Å². The van der Waals surface area contributed by atoms with Gasteiger partial charge in [0.25, 0.3) is 6.43 Å². The van der Waals surface area contributed by atoms with Gasteiger partial charge in [0.15, 0.2) is 0 Å². The van der Waals surface area contributed by atoms with E-state index in [9.17, 15) is 13.6 Å². The molecule has 1 rings (SSSR count). The molecule has 3 N–H and O–H groups in total. The number of nitrogens with two attached hydrogens (primary N) is 1. The lowest BCUT2D eigenvalue weighted by Crippen LogP contribution is -2.06. The molecule has 0 fully saturated rings. The molecule has 14 heavy (non-hydrogen) atoms. The third-order valence-corrected chi connectivity index (χ3v) is 1.74. The fraction of sp³-hybridized carbons (Fsp3) is 0.143. The number of carboxylic acid groups (broad SMARTS) is 1. The van der Waals surface area contributed by atoms with Crippen molar-refractivity contribution in [3.8, 4) is 0 Å². The molecule has 0 aromatic carbocycles. The summed E-state index contributed by atoms with van der Waals surface area (Å²) in [5.74, 6) is -1.40. The van der Waals surface area contributed by atoms with E-state index in [-0.39, 0.29) is 5.69 Å². The number of anilines is 1. The summed E-state index contributed by atoms with van der Waals surface area (Å²) < 4.78 is 24.3. The SMILES string of the molecule is Nc1cc(C(F)F)nc(Cl)c1C(=O)O. The third kappa shape index (κ3) is 1.90. The topological polar surface area (TPSA) is 76.2 Å². The van der Waals surface area contributed by atoms with Crippen LogP contribution in [0.2, 0.25) is 5.15 Å². The molecule has 0 saturated carbocycles. The highest BCUT2D eigenvalue weighted by Crippen LogP contribution is 2.26. The van der Waals surface area contributed by atoms with Crippen molar-refractivity contribution in [2.24, 2.45) is 0 Å². The molecule has 0 spiro atoms. The first-order chi connectivity index (χ1) is 6.43. The van der Waals surface area contributed by atoms with Gasteiger partial charge in [-0.25, -0.2) is 18.6 Å². The van der Waals surface area contributed by atoms with Gasteiger partial charge in [0, 0.05) is 0 Å². The van der Waals surface area contributed by atoms with Crippen LogP contribution in [0.5, 0.6) is 0 Å². The summed E-state index contributed by atoms with van der Waals surface area (Å²) in [6.45, 7) is 0. The molecule has 76 valence electrons. The second kappa shape index (κ2) is 3.75. The largest absolute Gasteiger partial charge is 0.478 e. The monoisotopic (exact) mass is 222 g/mol. The average molecular weight is 223 g/mol. The van der Waals surface area contributed by atoms with Crippen molar-refractivity contribution < 1.29 is 18.7 Å². The Morgan fingerprint density at radius 1 is 1.64 bits per heavy atom. The van der Waals surface area contributed by atoms with Gasteiger partial charge in [0.1, 0.15) is 16.4 Å². The van der Waals surface area contributed by atoms with Crippen LogP contribution in [0.15, 0.2) is 6.07 Å². The molecule has 0 saturated heterocycles. The van der Waals surface area contributed by atoms with Crippen LogP contribution >= 0.6 is 11.6 Å². The fourth-order valence-electron chi connectivity index (χ4n) is 0.876. The maximum Gasteiger partial charge on any atom is 0.340 e. The van der Waals surface area contributed by atoms with Crippen molar-refractivity contribution in [3.63, 3.8) is 0 Å². The van der Waals surface area contributed by atoms with Crippen LogP contribution in [-0.2, 0) is 0 Å². The predicted octanol–water partition coefficient (Wildman–Crippen LogP) is 1.95. The minimum atomic E-state index is -2.84. The smallest absolute Gasteiger partial charge is 0.340 e. The Balaban J connectivity index is 3.32. The molecule has 1 aromatic heterocycles. The maximum atomic E-state index is 12.1. The molecular formula is C7H5ClF2N2O2. The van der Waals surface area contributed by atoms with Crippen LogP contribution in [0.4, 0.5) is 14.5 Å². The number of halogens is 3. The number of alkyl halides is 2. The molecule has 0 atom stereocenters. The molecule has 0 unspecified atom stereocenters. The van der Waals surface area contributed by atoms with Crippen LogP contribution in [-0.4, -0.2) is 16.1 Å². The lowest BCUT2D eigenvalue weighted by molar-refractivity contribution is 0.0697. The van der Waals surface area contributed by atoms with Gasteiger partial charge in [-0.3, -0.25) is 0 Å². The van der Waals surface area contributed by atoms with Crippen molar-refractivity contribution in [1.82, 2.24) is 4.98 Å². The summed E-state index contributed by atoms with van der Waals surface area (Å²) in [4.78, 5) is 13.7. The summed E-state index contributed by atoms with van der Waals surface area (Å²) >= 11 is 5.37. The Morgan fingerprint density at radius 2 is 2.21 bits per heavy atom. The number of hydrogen-bond acceptors (Lipinski definition) is 3. The second-order valence-electron chi connectivity index (χ2n) is 2.41. The van der Waals surface area contributed by atoms with Crippen molar-refractivity contribution in [2.45, 2.75) is 6.43 Å². The van der Waals surface area contributed by atoms with Gasteiger partial charge in [-0.1, -0.05) is 11.6 Å². The normalized spacial score (nSPS) is 10.6. The second-order valence-corrected chi connectivity index (χ2v) is 2.77. The molecular weight excluding hydrogens is 218 g/mol. The Bertz CT molecular complexity index is 361. The Morgan fingerprint density at radius 3 is 2.57 bits per heavy atom. The van der Waals surface area contributed by atoms with Gasteiger partial charge >= 0.3 is 5.97 Å². The molecule has 0 aliphatic rings. The molecule has 4 nitrogen and oxygen atoms in total. The lowest BCUT2D eigenvalue weighted by atomic mass is 10.2. The van der Waals surface area contributed by atoms with Crippen molar-refractivity contribution in [1.29, 1.82) is 0 Å². The first kappa shape index (κ1) is 10.6. The predicted molar refractivity (Wildman–Crippen MR) is 45.6 cm³/mol. The van der Waals surface area contributed by atoms with Crippen LogP contribution in [0, 0.1) is 0 Å². The number of nitrogen functional groups attached to an aromatic ring is 1. The molecule has 7 heteroatoms. The number of nitrogens with zero attached hydrogens (tertiary/aromatic N) is 1. The van der Waals surface area contributed by atoms with E-state index in [0.29, 0.717) is 0 Å².